The largest absolute Gasteiger partial charge is 0.490 e. The first kappa shape index (κ1) is 23.4. The Bertz CT molecular complexity index is 758. The van der Waals surface area contributed by atoms with Crippen LogP contribution in [0.25, 0.3) is 0 Å². The van der Waals surface area contributed by atoms with Crippen molar-refractivity contribution in [2.45, 2.75) is 90.1 Å². The monoisotopic (exact) mass is 430 g/mol. The number of likely N-dealkylation sites (tertiary alicyclic amines) is 1. The van der Waals surface area contributed by atoms with Gasteiger partial charge < -0.3 is 19.7 Å². The second-order valence-electron chi connectivity index (χ2n) is 8.88. The normalized spacial score (nSPS) is 22.3. The maximum Gasteiger partial charge on any atom is 0.245 e. The second-order valence-corrected chi connectivity index (χ2v) is 8.88. The van der Waals surface area contributed by atoms with Crippen molar-refractivity contribution in [1.29, 1.82) is 0 Å². The Morgan fingerprint density at radius 2 is 1.77 bits per heavy atom. The zero-order valence-electron chi connectivity index (χ0n) is 19.4. The van der Waals surface area contributed by atoms with Crippen LogP contribution >= 0.6 is 0 Å². The highest BCUT2D eigenvalue weighted by Gasteiger charge is 2.47. The van der Waals surface area contributed by atoms with E-state index in [0.717, 1.165) is 29.9 Å². The fourth-order valence-electron chi connectivity index (χ4n) is 4.76. The molecule has 172 valence electrons. The van der Waals surface area contributed by atoms with Crippen LogP contribution in [0.15, 0.2) is 18.2 Å². The van der Waals surface area contributed by atoms with E-state index in [1.54, 1.807) is 4.90 Å². The van der Waals surface area contributed by atoms with E-state index >= 15 is 0 Å². The number of carbonyl (C=O) groups excluding carboxylic acids is 2. The summed E-state index contributed by atoms with van der Waals surface area (Å²) in [5, 5.41) is 3.27. The van der Waals surface area contributed by atoms with Crippen molar-refractivity contribution < 1.29 is 19.1 Å². The Balaban J connectivity index is 1.67. The van der Waals surface area contributed by atoms with E-state index in [9.17, 15) is 9.59 Å². The van der Waals surface area contributed by atoms with Crippen molar-refractivity contribution in [2.24, 2.45) is 0 Å². The Labute approximate surface area is 186 Å². The highest BCUT2D eigenvalue weighted by Crippen LogP contribution is 2.33. The van der Waals surface area contributed by atoms with E-state index in [4.69, 9.17) is 9.47 Å². The number of hydrogen-bond donors (Lipinski definition) is 1. The Morgan fingerprint density at radius 3 is 2.45 bits per heavy atom. The molecule has 0 aromatic heterocycles. The van der Waals surface area contributed by atoms with Gasteiger partial charge in [0, 0.05) is 19.0 Å². The van der Waals surface area contributed by atoms with Crippen molar-refractivity contribution in [3.63, 3.8) is 0 Å². The minimum Gasteiger partial charge on any atom is -0.490 e. The van der Waals surface area contributed by atoms with Crippen LogP contribution in [-0.2, 0) is 16.0 Å². The average molecular weight is 431 g/mol. The molecule has 2 fully saturated rings. The van der Waals surface area contributed by atoms with Crippen LogP contribution in [0.1, 0.15) is 77.7 Å². The highest BCUT2D eigenvalue weighted by atomic mass is 16.5. The number of carbonyl (C=O) groups is 2. The highest BCUT2D eigenvalue weighted by molar-refractivity contribution is 5.94. The number of nitrogens with one attached hydrogen (secondary N) is 1. The molecule has 1 N–H and O–H groups in total. The minimum atomic E-state index is -0.766. The molecule has 1 aromatic rings. The number of rotatable bonds is 9. The molecular formula is C25H38N2O4. The summed E-state index contributed by atoms with van der Waals surface area (Å²) in [6, 6.07) is 6.16. The van der Waals surface area contributed by atoms with Gasteiger partial charge in [-0.25, -0.2) is 0 Å². The summed E-state index contributed by atoms with van der Waals surface area (Å²) in [5.41, 5.74) is 0.301. The number of benzene rings is 1. The predicted molar refractivity (Wildman–Crippen MR) is 121 cm³/mol. The van der Waals surface area contributed by atoms with Crippen LogP contribution in [0.5, 0.6) is 11.5 Å². The maximum atomic E-state index is 13.2. The molecule has 0 spiro atoms. The number of ether oxygens (including phenoxy) is 2. The van der Waals surface area contributed by atoms with Crippen molar-refractivity contribution >= 4 is 11.8 Å². The fourth-order valence-corrected chi connectivity index (χ4v) is 4.76. The Hall–Kier alpha value is -2.24. The molecular weight excluding hydrogens is 392 g/mol. The third-order valence-corrected chi connectivity index (χ3v) is 6.63. The lowest BCUT2D eigenvalue weighted by Crippen LogP contribution is -2.56. The van der Waals surface area contributed by atoms with Gasteiger partial charge in [0.05, 0.1) is 13.2 Å². The first-order chi connectivity index (χ1) is 15.0. The summed E-state index contributed by atoms with van der Waals surface area (Å²) in [6.45, 7) is 7.48. The molecule has 2 amide bonds. The van der Waals surface area contributed by atoms with E-state index < -0.39 is 5.54 Å². The lowest BCUT2D eigenvalue weighted by molar-refractivity contribution is -0.141. The van der Waals surface area contributed by atoms with Gasteiger partial charge in [0.25, 0.3) is 0 Å². The third-order valence-electron chi connectivity index (χ3n) is 6.63. The molecule has 1 aromatic carbocycles. The lowest BCUT2D eigenvalue weighted by Gasteiger charge is -2.35. The molecule has 2 aliphatic rings. The number of amides is 2. The average Bonchev–Trinajstić information content (AvgIpc) is 2.91. The van der Waals surface area contributed by atoms with Gasteiger partial charge in [-0.05, 0) is 64.2 Å². The molecule has 3 rings (SSSR count). The lowest BCUT2D eigenvalue weighted by atomic mass is 9.95. The molecule has 31 heavy (non-hydrogen) atoms. The maximum absolute atomic E-state index is 13.2. The Morgan fingerprint density at radius 1 is 1.10 bits per heavy atom. The molecule has 0 radical (unpaired) electrons. The van der Waals surface area contributed by atoms with Gasteiger partial charge in [0.1, 0.15) is 5.54 Å². The number of hydrogen-bond acceptors (Lipinski definition) is 4. The SMILES string of the molecule is CCOc1ccc(CCN2C(=O)CC[C@@]2(C)C(=O)NC2CCCCCC2)cc1OCC. The van der Waals surface area contributed by atoms with Gasteiger partial charge >= 0.3 is 0 Å². The molecule has 0 bridgehead atoms. The van der Waals surface area contributed by atoms with Crippen LogP contribution < -0.4 is 14.8 Å². The summed E-state index contributed by atoms with van der Waals surface area (Å²) >= 11 is 0. The topological polar surface area (TPSA) is 67.9 Å². The molecule has 1 atom stereocenters. The van der Waals surface area contributed by atoms with E-state index in [1.807, 2.05) is 39.0 Å². The van der Waals surface area contributed by atoms with Gasteiger partial charge in [0.15, 0.2) is 11.5 Å². The quantitative estimate of drug-likeness (QED) is 0.595. The second kappa shape index (κ2) is 10.9. The molecule has 6 heteroatoms. The fraction of sp³-hybridized carbons (Fsp3) is 0.680. The summed E-state index contributed by atoms with van der Waals surface area (Å²) in [5.74, 6) is 1.53. The summed E-state index contributed by atoms with van der Waals surface area (Å²) in [6.07, 6.45) is 8.61. The van der Waals surface area contributed by atoms with Gasteiger partial charge in [0.2, 0.25) is 11.8 Å². The summed E-state index contributed by atoms with van der Waals surface area (Å²) in [4.78, 5) is 27.7. The van der Waals surface area contributed by atoms with E-state index in [2.05, 4.69) is 5.32 Å². The van der Waals surface area contributed by atoms with Gasteiger partial charge in [-0.1, -0.05) is 31.7 Å². The minimum absolute atomic E-state index is 0.00643. The molecule has 6 nitrogen and oxygen atoms in total. The molecule has 1 saturated carbocycles. The van der Waals surface area contributed by atoms with Crippen LogP contribution in [0, 0.1) is 0 Å². The molecule has 0 unspecified atom stereocenters. The smallest absolute Gasteiger partial charge is 0.245 e. The molecule has 1 saturated heterocycles. The first-order valence-corrected chi connectivity index (χ1v) is 12.0. The van der Waals surface area contributed by atoms with Crippen LogP contribution in [0.3, 0.4) is 0 Å². The van der Waals surface area contributed by atoms with Crippen LogP contribution in [0.4, 0.5) is 0 Å². The standard InChI is InChI=1S/C25H38N2O4/c1-4-30-21-13-12-19(18-22(21)31-5-2)15-17-27-23(28)14-16-25(27,3)24(29)26-20-10-8-6-7-9-11-20/h12-13,18,20H,4-11,14-17H2,1-3H3,(H,26,29)/t25-/m0/s1. The zero-order valence-corrected chi connectivity index (χ0v) is 19.4. The summed E-state index contributed by atoms with van der Waals surface area (Å²) in [7, 11) is 0. The van der Waals surface area contributed by atoms with E-state index in [0.29, 0.717) is 39.0 Å². The van der Waals surface area contributed by atoms with Crippen LogP contribution in [-0.4, -0.2) is 48.1 Å². The zero-order chi connectivity index (χ0) is 22.3. The summed E-state index contributed by atoms with van der Waals surface area (Å²) < 4.78 is 11.4. The van der Waals surface area contributed by atoms with Crippen molar-refractivity contribution in [3.05, 3.63) is 23.8 Å². The first-order valence-electron chi connectivity index (χ1n) is 12.0. The van der Waals surface area contributed by atoms with E-state index in [-0.39, 0.29) is 17.9 Å². The number of nitrogens with zero attached hydrogens (tertiary/aromatic N) is 1. The Kier molecular flexibility index (Phi) is 8.22. The predicted octanol–water partition coefficient (Wildman–Crippen LogP) is 4.25. The molecule has 1 aliphatic heterocycles. The van der Waals surface area contributed by atoms with Gasteiger partial charge in [-0.2, -0.15) is 0 Å². The van der Waals surface area contributed by atoms with Gasteiger partial charge in [-0.15, -0.1) is 0 Å². The molecule has 1 heterocycles. The van der Waals surface area contributed by atoms with Gasteiger partial charge in [-0.3, -0.25) is 9.59 Å². The van der Waals surface area contributed by atoms with E-state index in [1.165, 1.54) is 25.7 Å². The third kappa shape index (κ3) is 5.72. The van der Waals surface area contributed by atoms with Crippen molar-refractivity contribution in [2.75, 3.05) is 19.8 Å². The van der Waals surface area contributed by atoms with Crippen molar-refractivity contribution in [1.82, 2.24) is 10.2 Å². The van der Waals surface area contributed by atoms with Crippen LogP contribution in [0.2, 0.25) is 0 Å². The van der Waals surface area contributed by atoms with Crippen molar-refractivity contribution in [3.8, 4) is 11.5 Å². The molecule has 1 aliphatic carbocycles.